The second-order valence-electron chi connectivity index (χ2n) is 4.01. The number of rotatable bonds is 10. The smallest absolute Gasteiger partial charge is 0.325 e. The molecule has 0 aromatic rings. The molecule has 0 aliphatic carbocycles. The average molecular weight is 272 g/mol. The SMILES string of the molecule is C=CC(=O)N(C(N)=O)C(OCCCC)OCCCC. The molecule has 0 atom stereocenters. The summed E-state index contributed by atoms with van der Waals surface area (Å²) in [6, 6.07) is -0.914. The summed E-state index contributed by atoms with van der Waals surface area (Å²) in [6.07, 6.45) is 3.41. The van der Waals surface area contributed by atoms with Crippen molar-refractivity contribution in [1.29, 1.82) is 0 Å². The average Bonchev–Trinajstić information content (AvgIpc) is 2.38. The molecule has 0 saturated heterocycles. The summed E-state index contributed by atoms with van der Waals surface area (Å²) in [5, 5.41) is 0. The first-order valence-corrected chi connectivity index (χ1v) is 6.56. The number of carbonyl (C=O) groups is 2. The maximum absolute atomic E-state index is 11.6. The zero-order chi connectivity index (χ0) is 14.7. The zero-order valence-electron chi connectivity index (χ0n) is 11.8. The van der Waals surface area contributed by atoms with E-state index < -0.39 is 18.4 Å². The fourth-order valence-electron chi connectivity index (χ4n) is 1.27. The summed E-state index contributed by atoms with van der Waals surface area (Å²) >= 11 is 0. The Balaban J connectivity index is 4.67. The molecule has 19 heavy (non-hydrogen) atoms. The number of primary amides is 1. The fraction of sp³-hybridized carbons (Fsp3) is 0.692. The van der Waals surface area contributed by atoms with Crippen LogP contribution in [0.4, 0.5) is 4.79 Å². The highest BCUT2D eigenvalue weighted by Gasteiger charge is 2.27. The van der Waals surface area contributed by atoms with E-state index in [9.17, 15) is 9.59 Å². The van der Waals surface area contributed by atoms with Crippen LogP contribution in [0.2, 0.25) is 0 Å². The van der Waals surface area contributed by atoms with E-state index in [0.717, 1.165) is 36.7 Å². The van der Waals surface area contributed by atoms with Crippen molar-refractivity contribution in [3.05, 3.63) is 12.7 Å². The maximum atomic E-state index is 11.6. The van der Waals surface area contributed by atoms with Gasteiger partial charge in [-0.15, -0.1) is 0 Å². The van der Waals surface area contributed by atoms with Gasteiger partial charge in [0.25, 0.3) is 12.3 Å². The molecule has 0 heterocycles. The predicted octanol–water partition coefficient (Wildman–Crippen LogP) is 2.00. The number of amides is 3. The molecule has 0 fully saturated rings. The highest BCUT2D eigenvalue weighted by Crippen LogP contribution is 2.08. The molecule has 0 bridgehead atoms. The zero-order valence-corrected chi connectivity index (χ0v) is 11.8. The quantitative estimate of drug-likeness (QED) is 0.374. The normalized spacial score (nSPS) is 10.5. The molecule has 0 rings (SSSR count). The topological polar surface area (TPSA) is 81.9 Å². The van der Waals surface area contributed by atoms with Crippen LogP contribution in [0.5, 0.6) is 0 Å². The number of nitrogens with two attached hydrogens (primary N) is 1. The van der Waals surface area contributed by atoms with Crippen LogP contribution in [0.15, 0.2) is 12.7 Å². The van der Waals surface area contributed by atoms with Crippen LogP contribution in [0.3, 0.4) is 0 Å². The first kappa shape index (κ1) is 17.6. The molecule has 110 valence electrons. The Kier molecular flexibility index (Phi) is 9.74. The Hall–Kier alpha value is -1.40. The number of imide groups is 1. The van der Waals surface area contributed by atoms with Gasteiger partial charge in [0.1, 0.15) is 0 Å². The summed E-state index contributed by atoms with van der Waals surface area (Å²) in [5.41, 5.74) is 5.18. The van der Waals surface area contributed by atoms with Crippen LogP contribution >= 0.6 is 0 Å². The first-order chi connectivity index (χ1) is 9.08. The van der Waals surface area contributed by atoms with Gasteiger partial charge in [-0.25, -0.2) is 9.69 Å². The number of hydrogen-bond acceptors (Lipinski definition) is 4. The molecule has 0 aromatic carbocycles. The molecule has 0 unspecified atom stereocenters. The van der Waals surface area contributed by atoms with Crippen molar-refractivity contribution < 1.29 is 19.1 Å². The van der Waals surface area contributed by atoms with E-state index in [1.807, 2.05) is 13.8 Å². The van der Waals surface area contributed by atoms with Gasteiger partial charge >= 0.3 is 6.03 Å². The van der Waals surface area contributed by atoms with Gasteiger partial charge in [-0.1, -0.05) is 33.3 Å². The summed E-state index contributed by atoms with van der Waals surface area (Å²) in [5.74, 6) is -0.634. The number of nitrogens with zero attached hydrogens (tertiary/aromatic N) is 1. The second-order valence-corrected chi connectivity index (χ2v) is 4.01. The van der Waals surface area contributed by atoms with Crippen LogP contribution in [0.25, 0.3) is 0 Å². The second kappa shape index (κ2) is 10.5. The molecule has 0 aliphatic rings. The van der Waals surface area contributed by atoms with Crippen molar-refractivity contribution in [2.45, 2.75) is 45.9 Å². The predicted molar refractivity (Wildman–Crippen MR) is 72.1 cm³/mol. The standard InChI is InChI=1S/C13H24N2O4/c1-4-7-9-18-13(19-10-8-5-2)15(12(14)17)11(16)6-3/h6,13H,3-5,7-10H2,1-2H3,(H2,14,17). The van der Waals surface area contributed by atoms with Gasteiger partial charge in [0.05, 0.1) is 13.2 Å². The van der Waals surface area contributed by atoms with Crippen LogP contribution in [-0.4, -0.2) is 36.5 Å². The van der Waals surface area contributed by atoms with Crippen molar-refractivity contribution in [3.8, 4) is 0 Å². The van der Waals surface area contributed by atoms with Crippen molar-refractivity contribution >= 4 is 11.9 Å². The number of carbonyl (C=O) groups excluding carboxylic acids is 2. The molecule has 6 nitrogen and oxygen atoms in total. The van der Waals surface area contributed by atoms with Crippen molar-refractivity contribution in [3.63, 3.8) is 0 Å². The monoisotopic (exact) mass is 272 g/mol. The molecule has 3 amide bonds. The Morgan fingerprint density at radius 2 is 1.68 bits per heavy atom. The lowest BCUT2D eigenvalue weighted by molar-refractivity contribution is -0.207. The highest BCUT2D eigenvalue weighted by atomic mass is 16.7. The Labute approximate surface area is 114 Å². The van der Waals surface area contributed by atoms with Gasteiger partial charge in [-0.2, -0.15) is 0 Å². The molecule has 2 N–H and O–H groups in total. The Morgan fingerprint density at radius 1 is 1.21 bits per heavy atom. The highest BCUT2D eigenvalue weighted by molar-refractivity contribution is 5.99. The number of ether oxygens (including phenoxy) is 2. The van der Waals surface area contributed by atoms with Gasteiger partial charge in [0.15, 0.2) is 0 Å². The molecule has 0 saturated carbocycles. The molecule has 0 aromatic heterocycles. The van der Waals surface area contributed by atoms with Gasteiger partial charge in [-0.05, 0) is 18.9 Å². The molecule has 0 spiro atoms. The van der Waals surface area contributed by atoms with Crippen molar-refractivity contribution in [1.82, 2.24) is 4.90 Å². The summed E-state index contributed by atoms with van der Waals surface area (Å²) in [6.45, 7) is 8.13. The fourth-order valence-corrected chi connectivity index (χ4v) is 1.27. The Bertz CT molecular complexity index is 284. The van der Waals surface area contributed by atoms with E-state index in [4.69, 9.17) is 15.2 Å². The minimum atomic E-state index is -1.08. The van der Waals surface area contributed by atoms with Gasteiger partial charge < -0.3 is 15.2 Å². The Morgan fingerprint density at radius 3 is 2.00 bits per heavy atom. The van der Waals surface area contributed by atoms with E-state index >= 15 is 0 Å². The van der Waals surface area contributed by atoms with Gasteiger partial charge in [-0.3, -0.25) is 4.79 Å². The maximum Gasteiger partial charge on any atom is 0.325 e. The van der Waals surface area contributed by atoms with Crippen LogP contribution in [0.1, 0.15) is 39.5 Å². The summed E-state index contributed by atoms with van der Waals surface area (Å²) in [4.78, 5) is 23.7. The molecule has 0 aliphatic heterocycles. The van der Waals surface area contributed by atoms with Gasteiger partial charge in [0.2, 0.25) is 0 Å². The molecular formula is C13H24N2O4. The van der Waals surface area contributed by atoms with Crippen LogP contribution < -0.4 is 5.73 Å². The minimum absolute atomic E-state index is 0.390. The minimum Gasteiger partial charge on any atom is -0.351 e. The third-order valence-electron chi connectivity index (χ3n) is 2.38. The van der Waals surface area contributed by atoms with E-state index in [1.165, 1.54) is 0 Å². The number of urea groups is 1. The number of unbranched alkanes of at least 4 members (excludes halogenated alkanes) is 2. The van der Waals surface area contributed by atoms with Crippen LogP contribution in [0, 0.1) is 0 Å². The van der Waals surface area contributed by atoms with E-state index in [2.05, 4.69) is 6.58 Å². The lowest BCUT2D eigenvalue weighted by atomic mass is 10.4. The molecular weight excluding hydrogens is 248 g/mol. The lowest BCUT2D eigenvalue weighted by Crippen LogP contribution is -2.49. The van der Waals surface area contributed by atoms with E-state index in [-0.39, 0.29) is 0 Å². The molecule has 0 radical (unpaired) electrons. The number of hydrogen-bond donors (Lipinski definition) is 1. The summed E-state index contributed by atoms with van der Waals surface area (Å²) in [7, 11) is 0. The van der Waals surface area contributed by atoms with E-state index in [0.29, 0.717) is 13.2 Å². The van der Waals surface area contributed by atoms with Crippen molar-refractivity contribution in [2.75, 3.05) is 13.2 Å². The first-order valence-electron chi connectivity index (χ1n) is 6.56. The largest absolute Gasteiger partial charge is 0.351 e. The van der Waals surface area contributed by atoms with E-state index in [1.54, 1.807) is 0 Å². The third-order valence-corrected chi connectivity index (χ3v) is 2.38. The lowest BCUT2D eigenvalue weighted by Gasteiger charge is -2.27. The summed E-state index contributed by atoms with van der Waals surface area (Å²) < 4.78 is 10.8. The third kappa shape index (κ3) is 6.93. The van der Waals surface area contributed by atoms with Crippen molar-refractivity contribution in [2.24, 2.45) is 5.73 Å². The van der Waals surface area contributed by atoms with Gasteiger partial charge in [0, 0.05) is 0 Å². The van der Waals surface area contributed by atoms with Crippen LogP contribution in [-0.2, 0) is 14.3 Å². The molecule has 6 heteroatoms.